The van der Waals surface area contributed by atoms with E-state index >= 15 is 0 Å². The summed E-state index contributed by atoms with van der Waals surface area (Å²) < 4.78 is 0. The van der Waals surface area contributed by atoms with E-state index in [9.17, 15) is 0 Å². The van der Waals surface area contributed by atoms with Crippen molar-refractivity contribution >= 4 is 0 Å². The molecule has 0 aromatic heterocycles. The van der Waals surface area contributed by atoms with Crippen LogP contribution in [0.1, 0.15) is 37.3 Å². The molecule has 96 valence electrons. The first-order valence-electron chi connectivity index (χ1n) is 6.76. The van der Waals surface area contributed by atoms with Crippen LogP contribution in [0.3, 0.4) is 0 Å². The van der Waals surface area contributed by atoms with E-state index in [1.807, 2.05) is 12.1 Å². The molecule has 0 atom stereocenters. The van der Waals surface area contributed by atoms with Crippen molar-refractivity contribution in [2.24, 2.45) is 0 Å². The predicted octanol–water partition coefficient (Wildman–Crippen LogP) is 2.40. The molecule has 0 spiro atoms. The van der Waals surface area contributed by atoms with Crippen molar-refractivity contribution in [3.63, 3.8) is 0 Å². The Morgan fingerprint density at radius 3 is 2.56 bits per heavy atom. The summed E-state index contributed by atoms with van der Waals surface area (Å²) in [6.45, 7) is 4.40. The fraction of sp³-hybridized carbons (Fsp3) is 0.500. The molecule has 1 saturated carbocycles. The lowest BCUT2D eigenvalue weighted by Gasteiger charge is -2.21. The zero-order valence-electron chi connectivity index (χ0n) is 11.0. The topological polar surface area (TPSA) is 23.5 Å². The summed E-state index contributed by atoms with van der Waals surface area (Å²) >= 11 is 0. The second-order valence-electron chi connectivity index (χ2n) is 4.86. The van der Waals surface area contributed by atoms with Crippen molar-refractivity contribution in [1.29, 1.82) is 0 Å². The molecule has 0 heterocycles. The van der Waals surface area contributed by atoms with Crippen molar-refractivity contribution in [2.75, 3.05) is 13.2 Å². The molecule has 1 aromatic carbocycles. The van der Waals surface area contributed by atoms with Crippen LogP contribution >= 0.6 is 0 Å². The summed E-state index contributed by atoms with van der Waals surface area (Å²) in [5, 5.41) is 8.65. The molecule has 0 radical (unpaired) electrons. The maximum atomic E-state index is 8.65. The molecular weight excluding hydrogens is 222 g/mol. The fourth-order valence-corrected chi connectivity index (χ4v) is 2.19. The van der Waals surface area contributed by atoms with E-state index in [0.717, 1.165) is 18.2 Å². The Morgan fingerprint density at radius 1 is 1.28 bits per heavy atom. The van der Waals surface area contributed by atoms with Crippen LogP contribution in [0.2, 0.25) is 0 Å². The number of rotatable bonds is 5. The average molecular weight is 243 g/mol. The quantitative estimate of drug-likeness (QED) is 0.803. The van der Waals surface area contributed by atoms with Gasteiger partial charge in [-0.05, 0) is 43.5 Å². The molecule has 0 saturated heterocycles. The zero-order chi connectivity index (χ0) is 12.8. The lowest BCUT2D eigenvalue weighted by Crippen LogP contribution is -2.26. The van der Waals surface area contributed by atoms with Gasteiger partial charge in [-0.2, -0.15) is 0 Å². The van der Waals surface area contributed by atoms with Crippen LogP contribution in [-0.4, -0.2) is 29.2 Å². The molecule has 0 amide bonds. The Labute approximate surface area is 110 Å². The van der Waals surface area contributed by atoms with Crippen molar-refractivity contribution in [3.8, 4) is 11.8 Å². The van der Waals surface area contributed by atoms with Gasteiger partial charge in [-0.3, -0.25) is 4.90 Å². The van der Waals surface area contributed by atoms with Crippen molar-refractivity contribution in [2.45, 2.75) is 38.8 Å². The van der Waals surface area contributed by atoms with Crippen LogP contribution in [0, 0.1) is 11.8 Å². The first-order chi connectivity index (χ1) is 8.83. The highest BCUT2D eigenvalue weighted by molar-refractivity contribution is 5.36. The van der Waals surface area contributed by atoms with Gasteiger partial charge in [0.05, 0.1) is 0 Å². The molecule has 1 aliphatic carbocycles. The normalized spacial score (nSPS) is 14.4. The lowest BCUT2D eigenvalue weighted by atomic mass is 10.1. The van der Waals surface area contributed by atoms with E-state index < -0.39 is 0 Å². The number of aliphatic hydroxyl groups excluding tert-OH is 1. The Morgan fingerprint density at radius 2 is 2.00 bits per heavy atom. The molecule has 1 aromatic rings. The molecule has 1 N–H and O–H groups in total. The summed E-state index contributed by atoms with van der Waals surface area (Å²) in [4.78, 5) is 2.58. The predicted molar refractivity (Wildman–Crippen MR) is 74.1 cm³/mol. The Balaban J connectivity index is 1.96. The first-order valence-corrected chi connectivity index (χ1v) is 6.76. The Bertz CT molecular complexity index is 423. The second kappa shape index (κ2) is 6.58. The molecular formula is C16H21NO. The summed E-state index contributed by atoms with van der Waals surface area (Å²) in [7, 11) is 0. The maximum Gasteiger partial charge on any atom is 0.104 e. The van der Waals surface area contributed by atoms with Gasteiger partial charge in [-0.1, -0.05) is 30.9 Å². The van der Waals surface area contributed by atoms with E-state index in [2.05, 4.69) is 35.8 Å². The molecule has 0 aliphatic heterocycles. The van der Waals surface area contributed by atoms with Crippen LogP contribution in [-0.2, 0) is 6.54 Å². The zero-order valence-corrected chi connectivity index (χ0v) is 11.0. The minimum atomic E-state index is -0.0757. The SMILES string of the molecule is CCCN(Cc1ccc(C#CCO)cc1)C1CC1. The van der Waals surface area contributed by atoms with Gasteiger partial charge in [0, 0.05) is 18.2 Å². The molecule has 0 unspecified atom stereocenters. The van der Waals surface area contributed by atoms with E-state index in [0.29, 0.717) is 0 Å². The maximum absolute atomic E-state index is 8.65. The Hall–Kier alpha value is -1.30. The van der Waals surface area contributed by atoms with E-state index in [4.69, 9.17) is 5.11 Å². The molecule has 18 heavy (non-hydrogen) atoms. The van der Waals surface area contributed by atoms with Crippen molar-refractivity contribution in [3.05, 3.63) is 35.4 Å². The van der Waals surface area contributed by atoms with Gasteiger partial charge < -0.3 is 5.11 Å². The largest absolute Gasteiger partial charge is 0.384 e. The van der Waals surface area contributed by atoms with E-state index in [-0.39, 0.29) is 6.61 Å². The lowest BCUT2D eigenvalue weighted by molar-refractivity contribution is 0.255. The highest BCUT2D eigenvalue weighted by Crippen LogP contribution is 2.28. The summed E-state index contributed by atoms with van der Waals surface area (Å²) in [5.41, 5.74) is 2.33. The van der Waals surface area contributed by atoms with Gasteiger partial charge in [0.25, 0.3) is 0 Å². The van der Waals surface area contributed by atoms with Gasteiger partial charge in [0.2, 0.25) is 0 Å². The third kappa shape index (κ3) is 3.87. The molecule has 0 bridgehead atoms. The van der Waals surface area contributed by atoms with Crippen LogP contribution in [0.25, 0.3) is 0 Å². The standard InChI is InChI=1S/C16H21NO/c1-2-11-17(16-9-10-16)13-15-7-5-14(6-8-15)4-3-12-18/h5-8,16,18H,2,9-13H2,1H3. The number of hydrogen-bond donors (Lipinski definition) is 1. The minimum absolute atomic E-state index is 0.0757. The van der Waals surface area contributed by atoms with Gasteiger partial charge in [0.15, 0.2) is 0 Å². The minimum Gasteiger partial charge on any atom is -0.384 e. The second-order valence-corrected chi connectivity index (χ2v) is 4.86. The van der Waals surface area contributed by atoms with E-state index in [1.165, 1.54) is 31.4 Å². The van der Waals surface area contributed by atoms with Crippen LogP contribution in [0.15, 0.2) is 24.3 Å². The third-order valence-electron chi connectivity index (χ3n) is 3.23. The molecule has 1 fully saturated rings. The number of nitrogens with zero attached hydrogens (tertiary/aromatic N) is 1. The van der Waals surface area contributed by atoms with Gasteiger partial charge >= 0.3 is 0 Å². The van der Waals surface area contributed by atoms with Crippen molar-refractivity contribution < 1.29 is 5.11 Å². The van der Waals surface area contributed by atoms with Crippen molar-refractivity contribution in [1.82, 2.24) is 4.90 Å². The smallest absolute Gasteiger partial charge is 0.104 e. The Kier molecular flexibility index (Phi) is 4.81. The first kappa shape index (κ1) is 13.1. The highest BCUT2D eigenvalue weighted by Gasteiger charge is 2.27. The van der Waals surface area contributed by atoms with E-state index in [1.54, 1.807) is 0 Å². The monoisotopic (exact) mass is 243 g/mol. The van der Waals surface area contributed by atoms with Crippen LogP contribution in [0.5, 0.6) is 0 Å². The van der Waals surface area contributed by atoms with Gasteiger partial charge in [0.1, 0.15) is 6.61 Å². The van der Waals surface area contributed by atoms with Crippen LogP contribution < -0.4 is 0 Å². The molecule has 2 rings (SSSR count). The fourth-order valence-electron chi connectivity index (χ4n) is 2.19. The average Bonchev–Trinajstić information content (AvgIpc) is 3.22. The molecule has 2 heteroatoms. The number of benzene rings is 1. The molecule has 1 aliphatic rings. The third-order valence-corrected chi connectivity index (χ3v) is 3.23. The van der Waals surface area contributed by atoms with Gasteiger partial charge in [-0.15, -0.1) is 0 Å². The number of hydrogen-bond acceptors (Lipinski definition) is 2. The summed E-state index contributed by atoms with van der Waals surface area (Å²) in [6, 6.07) is 9.18. The molecule has 2 nitrogen and oxygen atoms in total. The number of aliphatic hydroxyl groups is 1. The highest BCUT2D eigenvalue weighted by atomic mass is 16.2. The van der Waals surface area contributed by atoms with Crippen LogP contribution in [0.4, 0.5) is 0 Å². The summed E-state index contributed by atoms with van der Waals surface area (Å²) in [5.74, 6) is 5.59. The summed E-state index contributed by atoms with van der Waals surface area (Å²) in [6.07, 6.45) is 3.94. The van der Waals surface area contributed by atoms with Gasteiger partial charge in [-0.25, -0.2) is 0 Å².